The van der Waals surface area contributed by atoms with Crippen molar-refractivity contribution in [2.45, 2.75) is 243 Å². The van der Waals surface area contributed by atoms with Crippen LogP contribution in [-0.2, 0) is 75.9 Å². The van der Waals surface area contributed by atoms with Crippen LogP contribution >= 0.6 is 0 Å². The minimum Gasteiger partial charge on any atom is -0.507 e. The molecular formula is C70H101O4Zr-. The Kier molecular flexibility index (Phi) is 19.6. The summed E-state index contributed by atoms with van der Waals surface area (Å²) in [6.07, 6.45) is 1.13. The molecule has 5 heteroatoms. The van der Waals surface area contributed by atoms with E-state index in [1.54, 1.807) is 0 Å². The van der Waals surface area contributed by atoms with E-state index in [1.165, 1.54) is 21.9 Å². The SMILES string of the molecule is CC(C)(C)c1cc(-c2cc(C(C)(C)C)cc(C(C)(C)C)c2O)c(O)c(C(C)(C)C)c1.CC(C)(C)c1cc(-c2cc(C(C)(C)C)cc(C(C)(C)C)c2O)c(O)c(C(C)(C)C)c1.CCc1cc2c(C(C)C)cccc2[cH-]1.[Zr]. The third-order valence-electron chi connectivity index (χ3n) is 14.6. The van der Waals surface area contributed by atoms with Gasteiger partial charge in [0.2, 0.25) is 0 Å². The summed E-state index contributed by atoms with van der Waals surface area (Å²) in [4.78, 5) is 0. The third-order valence-corrected chi connectivity index (χ3v) is 14.6. The number of phenols is 4. The first-order valence-electron chi connectivity index (χ1n) is 27.4. The van der Waals surface area contributed by atoms with Gasteiger partial charge in [0.05, 0.1) is 0 Å². The maximum Gasteiger partial charge on any atom is 0.127 e. The number of fused-ring (bicyclic) bond motifs is 1. The molecule has 0 aliphatic carbocycles. The fourth-order valence-corrected chi connectivity index (χ4v) is 9.41. The summed E-state index contributed by atoms with van der Waals surface area (Å²) in [7, 11) is 0. The Morgan fingerprint density at radius 2 is 0.627 bits per heavy atom. The van der Waals surface area contributed by atoms with Gasteiger partial charge in [0, 0.05) is 70.7 Å². The second-order valence-corrected chi connectivity index (χ2v) is 29.9. The van der Waals surface area contributed by atoms with Crippen molar-refractivity contribution in [3.05, 3.63) is 134 Å². The molecule has 0 atom stereocenters. The quantitative estimate of drug-likeness (QED) is 0.133. The number of hydrogen-bond donors (Lipinski definition) is 4. The van der Waals surface area contributed by atoms with Gasteiger partial charge in [-0.1, -0.05) is 223 Å². The van der Waals surface area contributed by atoms with E-state index in [1.807, 2.05) is 0 Å². The molecule has 4 nitrogen and oxygen atoms in total. The second-order valence-electron chi connectivity index (χ2n) is 29.9. The molecule has 0 aliphatic heterocycles. The van der Waals surface area contributed by atoms with Crippen LogP contribution in [0.2, 0.25) is 0 Å². The minimum atomic E-state index is -0.218. The first kappa shape index (κ1) is 65.1. The first-order valence-corrected chi connectivity index (χ1v) is 27.4. The van der Waals surface area contributed by atoms with E-state index in [4.69, 9.17) is 0 Å². The Hall–Kier alpha value is -4.21. The average Bonchev–Trinajstić information content (AvgIpc) is 3.65. The fraction of sp³-hybridized carbons (Fsp3) is 0.529. The summed E-state index contributed by atoms with van der Waals surface area (Å²) < 4.78 is 0. The largest absolute Gasteiger partial charge is 0.507 e. The van der Waals surface area contributed by atoms with Gasteiger partial charge in [-0.2, -0.15) is 6.07 Å². The number of benzene rings is 5. The maximum absolute atomic E-state index is 11.4. The van der Waals surface area contributed by atoms with Crippen molar-refractivity contribution in [1.29, 1.82) is 0 Å². The van der Waals surface area contributed by atoms with Crippen LogP contribution in [0.4, 0.5) is 0 Å². The molecule has 6 aromatic carbocycles. The molecule has 0 aromatic heterocycles. The standard InChI is InChI=1S/2C28H42O2.C14H17.Zr/c2*1-25(2,3)17-13-19(23(29)21(15-17)27(7,8)9)20-14-18(26(4,5)6)16-22(24(20)30)28(10,11)12;1-4-11-8-12-6-5-7-13(10(2)3)14(12)9-11;/h2*13-16,29-30H,1-12H3;5-10H,4H2,1-3H3;/q;;-1;. The van der Waals surface area contributed by atoms with Crippen molar-refractivity contribution in [2.24, 2.45) is 0 Å². The van der Waals surface area contributed by atoms with Crippen LogP contribution in [0.3, 0.4) is 0 Å². The number of hydrogen-bond acceptors (Lipinski definition) is 4. The van der Waals surface area contributed by atoms with Crippen LogP contribution in [0.1, 0.15) is 248 Å². The van der Waals surface area contributed by atoms with Crippen LogP contribution in [-0.4, -0.2) is 20.4 Å². The monoisotopic (exact) mass is 1100 g/mol. The van der Waals surface area contributed by atoms with E-state index in [0.717, 1.165) is 50.9 Å². The molecule has 6 aromatic rings. The predicted octanol–water partition coefficient (Wildman–Crippen LogP) is 20.2. The van der Waals surface area contributed by atoms with Crippen LogP contribution in [0.15, 0.2) is 78.9 Å². The van der Waals surface area contributed by atoms with E-state index in [2.05, 4.69) is 266 Å². The molecule has 4 N–H and O–H groups in total. The summed E-state index contributed by atoms with van der Waals surface area (Å²) in [5, 5.41) is 48.3. The number of rotatable bonds is 4. The molecular weight excluding hydrogens is 996 g/mol. The van der Waals surface area contributed by atoms with E-state index < -0.39 is 0 Å². The average molecular weight is 1100 g/mol. The summed E-state index contributed by atoms with van der Waals surface area (Å²) in [6.45, 7) is 58.3. The maximum atomic E-state index is 11.4. The molecule has 0 fully saturated rings. The van der Waals surface area contributed by atoms with Crippen LogP contribution in [0, 0.1) is 0 Å². The smallest absolute Gasteiger partial charge is 0.127 e. The van der Waals surface area contributed by atoms with E-state index >= 15 is 0 Å². The first-order chi connectivity index (χ1) is 33.2. The Balaban J connectivity index is 0.000000313. The van der Waals surface area contributed by atoms with Gasteiger partial charge in [0.25, 0.3) is 0 Å². The zero-order valence-corrected chi connectivity index (χ0v) is 54.5. The van der Waals surface area contributed by atoms with Gasteiger partial charge in [0.15, 0.2) is 0 Å². The van der Waals surface area contributed by atoms with Crippen molar-refractivity contribution < 1.29 is 46.6 Å². The zero-order chi connectivity index (χ0) is 57.0. The summed E-state index contributed by atoms with van der Waals surface area (Å²) in [5.41, 5.74) is 12.8. The van der Waals surface area contributed by atoms with Crippen molar-refractivity contribution in [3.8, 4) is 45.3 Å². The van der Waals surface area contributed by atoms with Crippen LogP contribution in [0.25, 0.3) is 33.0 Å². The van der Waals surface area contributed by atoms with Crippen LogP contribution < -0.4 is 0 Å². The third kappa shape index (κ3) is 15.5. The predicted molar refractivity (Wildman–Crippen MR) is 323 cm³/mol. The Morgan fingerprint density at radius 3 is 0.827 bits per heavy atom. The molecule has 0 spiro atoms. The Labute approximate surface area is 476 Å². The number of aromatic hydroxyl groups is 4. The molecule has 0 radical (unpaired) electrons. The van der Waals surface area contributed by atoms with E-state index in [-0.39, 0.29) is 92.5 Å². The van der Waals surface area contributed by atoms with Gasteiger partial charge < -0.3 is 20.4 Å². The van der Waals surface area contributed by atoms with Crippen molar-refractivity contribution in [1.82, 2.24) is 0 Å². The summed E-state index contributed by atoms with van der Waals surface area (Å²) in [5.74, 6) is 1.66. The molecule has 6 rings (SSSR count). The van der Waals surface area contributed by atoms with Gasteiger partial charge in [-0.05, 0) is 102 Å². The molecule has 0 saturated heterocycles. The van der Waals surface area contributed by atoms with Gasteiger partial charge in [-0.3, -0.25) is 0 Å². The molecule has 0 saturated carbocycles. The fourth-order valence-electron chi connectivity index (χ4n) is 9.41. The molecule has 0 unspecified atom stereocenters. The van der Waals surface area contributed by atoms with Gasteiger partial charge in [-0.25, -0.2) is 0 Å². The van der Waals surface area contributed by atoms with E-state index in [0.29, 0.717) is 28.2 Å². The molecule has 0 aliphatic rings. The summed E-state index contributed by atoms with van der Waals surface area (Å²) in [6, 6.07) is 28.0. The van der Waals surface area contributed by atoms with Gasteiger partial charge >= 0.3 is 0 Å². The molecule has 0 bridgehead atoms. The molecule has 0 heterocycles. The zero-order valence-electron chi connectivity index (χ0n) is 52.1. The Bertz CT molecular complexity index is 2620. The topological polar surface area (TPSA) is 80.9 Å². The molecule has 410 valence electrons. The van der Waals surface area contributed by atoms with Gasteiger partial charge in [-0.15, -0.1) is 34.5 Å². The normalized spacial score (nSPS) is 13.0. The Morgan fingerprint density at radius 1 is 0.373 bits per heavy atom. The van der Waals surface area contributed by atoms with Crippen LogP contribution in [0.5, 0.6) is 23.0 Å². The number of phenolic OH excluding ortho intramolecular Hbond substituents is 4. The summed E-state index contributed by atoms with van der Waals surface area (Å²) >= 11 is 0. The van der Waals surface area contributed by atoms with Crippen molar-refractivity contribution in [2.75, 3.05) is 0 Å². The van der Waals surface area contributed by atoms with E-state index in [9.17, 15) is 20.4 Å². The van der Waals surface area contributed by atoms with Gasteiger partial charge in [0.1, 0.15) is 23.0 Å². The molecule has 0 amide bonds. The number of aryl methyl sites for hydroxylation is 1. The van der Waals surface area contributed by atoms with Crippen molar-refractivity contribution >= 4 is 10.8 Å². The second kappa shape index (κ2) is 22.6. The van der Waals surface area contributed by atoms with Crippen molar-refractivity contribution in [3.63, 3.8) is 0 Å². The molecule has 75 heavy (non-hydrogen) atoms. The minimum absolute atomic E-state index is 0.